The van der Waals surface area contributed by atoms with Gasteiger partial charge in [0.15, 0.2) is 11.2 Å². The molecular weight excluding hydrogens is 378 g/mol. The number of rotatable bonds is 5. The smallest absolute Gasteiger partial charge is 0.314 e. The summed E-state index contributed by atoms with van der Waals surface area (Å²) < 4.78 is 6.57. The molecule has 0 unspecified atom stereocenters. The zero-order valence-electron chi connectivity index (χ0n) is 16.1. The van der Waals surface area contributed by atoms with E-state index in [1.807, 2.05) is 19.2 Å². The van der Waals surface area contributed by atoms with E-state index in [0.717, 1.165) is 30.6 Å². The number of halogens is 1. The Hall–Kier alpha value is -2.80. The standard InChI is InChI=1S/C20H22ClN5O2/c1-4-5-9-24-13(2)11-25-16-17(22-19(24)25)23(3)20(28)26(18(16)27)12-14-7-6-8-15(21)10-14/h6-8,10-11H,4-5,9,12H2,1-3H3. The topological polar surface area (TPSA) is 66.2 Å². The summed E-state index contributed by atoms with van der Waals surface area (Å²) in [7, 11) is 1.65. The number of fused-ring (bicyclic) bond motifs is 3. The maximum Gasteiger partial charge on any atom is 0.332 e. The van der Waals surface area contributed by atoms with Crippen LogP contribution < -0.4 is 11.2 Å². The van der Waals surface area contributed by atoms with E-state index in [0.29, 0.717) is 22.0 Å². The zero-order valence-corrected chi connectivity index (χ0v) is 16.9. The first-order chi connectivity index (χ1) is 13.4. The molecule has 3 heterocycles. The summed E-state index contributed by atoms with van der Waals surface area (Å²) in [6.45, 7) is 5.12. The molecule has 8 heteroatoms. The Balaban J connectivity index is 1.97. The minimum Gasteiger partial charge on any atom is -0.314 e. The van der Waals surface area contributed by atoms with Crippen molar-refractivity contribution in [3.63, 3.8) is 0 Å². The van der Waals surface area contributed by atoms with E-state index in [2.05, 4.69) is 16.5 Å². The fraction of sp³-hybridized carbons (Fsp3) is 0.350. The summed E-state index contributed by atoms with van der Waals surface area (Å²) in [6, 6.07) is 7.17. The molecular formula is C20H22ClN5O2. The van der Waals surface area contributed by atoms with Crippen molar-refractivity contribution in [1.29, 1.82) is 0 Å². The van der Waals surface area contributed by atoms with Gasteiger partial charge < -0.3 is 4.57 Å². The second-order valence-corrected chi connectivity index (χ2v) is 7.53. The molecule has 0 aliphatic heterocycles. The highest BCUT2D eigenvalue weighted by molar-refractivity contribution is 6.30. The molecule has 3 aromatic heterocycles. The van der Waals surface area contributed by atoms with Crippen molar-refractivity contribution in [3.05, 3.63) is 67.6 Å². The highest BCUT2D eigenvalue weighted by atomic mass is 35.5. The lowest BCUT2D eigenvalue weighted by Crippen LogP contribution is -2.39. The van der Waals surface area contributed by atoms with Crippen LogP contribution in [0.5, 0.6) is 0 Å². The molecule has 0 N–H and O–H groups in total. The minimum absolute atomic E-state index is 0.158. The highest BCUT2D eigenvalue weighted by Gasteiger charge is 2.20. The van der Waals surface area contributed by atoms with Gasteiger partial charge in [0.2, 0.25) is 5.78 Å². The Bertz CT molecular complexity index is 1310. The van der Waals surface area contributed by atoms with Crippen LogP contribution in [-0.4, -0.2) is 23.1 Å². The Morgan fingerprint density at radius 3 is 2.68 bits per heavy atom. The number of unbranched alkanes of at least 4 members (excludes halogenated alkanes) is 1. The van der Waals surface area contributed by atoms with Crippen molar-refractivity contribution in [3.8, 4) is 0 Å². The minimum atomic E-state index is -0.393. The molecule has 0 amide bonds. The maximum absolute atomic E-state index is 13.2. The molecule has 4 aromatic rings. The molecule has 0 fully saturated rings. The van der Waals surface area contributed by atoms with E-state index in [-0.39, 0.29) is 12.1 Å². The fourth-order valence-corrected chi connectivity index (χ4v) is 3.82. The van der Waals surface area contributed by atoms with Crippen molar-refractivity contribution >= 4 is 28.5 Å². The average Bonchev–Trinajstić information content (AvgIpc) is 3.17. The van der Waals surface area contributed by atoms with Crippen LogP contribution in [0.3, 0.4) is 0 Å². The lowest BCUT2D eigenvalue weighted by Gasteiger charge is -2.08. The quantitative estimate of drug-likeness (QED) is 0.518. The maximum atomic E-state index is 13.2. The molecule has 7 nitrogen and oxygen atoms in total. The van der Waals surface area contributed by atoms with Gasteiger partial charge in [0.1, 0.15) is 0 Å². The van der Waals surface area contributed by atoms with Gasteiger partial charge in [-0.05, 0) is 31.0 Å². The van der Waals surface area contributed by atoms with Crippen LogP contribution in [0.1, 0.15) is 31.0 Å². The van der Waals surface area contributed by atoms with Crippen LogP contribution in [0.2, 0.25) is 5.02 Å². The third kappa shape index (κ3) is 2.86. The summed E-state index contributed by atoms with van der Waals surface area (Å²) in [4.78, 5) is 30.7. The van der Waals surface area contributed by atoms with Crippen LogP contribution in [0, 0.1) is 6.92 Å². The average molecular weight is 400 g/mol. The van der Waals surface area contributed by atoms with Crippen molar-refractivity contribution in [1.82, 2.24) is 23.1 Å². The number of benzene rings is 1. The summed E-state index contributed by atoms with van der Waals surface area (Å²) in [5.74, 6) is 0.688. The molecule has 146 valence electrons. The van der Waals surface area contributed by atoms with Gasteiger partial charge in [-0.3, -0.25) is 18.3 Å². The van der Waals surface area contributed by atoms with Gasteiger partial charge in [0.05, 0.1) is 6.54 Å². The Labute approximate surface area is 166 Å². The summed E-state index contributed by atoms with van der Waals surface area (Å²) in [5.41, 5.74) is 1.90. The largest absolute Gasteiger partial charge is 0.332 e. The highest BCUT2D eigenvalue weighted by Crippen LogP contribution is 2.17. The van der Waals surface area contributed by atoms with Gasteiger partial charge in [-0.25, -0.2) is 4.79 Å². The number of nitrogens with zero attached hydrogens (tertiary/aromatic N) is 5. The molecule has 0 aliphatic carbocycles. The summed E-state index contributed by atoms with van der Waals surface area (Å²) in [6.07, 6.45) is 4.00. The van der Waals surface area contributed by atoms with Gasteiger partial charge in [0.25, 0.3) is 5.56 Å². The number of aromatic nitrogens is 5. The normalized spacial score (nSPS) is 11.7. The second kappa shape index (κ2) is 6.98. The first kappa shape index (κ1) is 18.6. The zero-order chi connectivity index (χ0) is 20.0. The number of hydrogen-bond acceptors (Lipinski definition) is 3. The molecule has 28 heavy (non-hydrogen) atoms. The predicted octanol–water partition coefficient (Wildman–Crippen LogP) is 2.96. The third-order valence-corrected chi connectivity index (χ3v) is 5.34. The molecule has 0 saturated carbocycles. The first-order valence-electron chi connectivity index (χ1n) is 9.34. The second-order valence-electron chi connectivity index (χ2n) is 7.09. The van der Waals surface area contributed by atoms with Crippen molar-refractivity contribution < 1.29 is 0 Å². The van der Waals surface area contributed by atoms with Gasteiger partial charge in [-0.2, -0.15) is 4.98 Å². The van der Waals surface area contributed by atoms with Gasteiger partial charge in [0, 0.05) is 30.5 Å². The Morgan fingerprint density at radius 1 is 1.18 bits per heavy atom. The van der Waals surface area contributed by atoms with Crippen molar-refractivity contribution in [2.45, 2.75) is 39.8 Å². The Kier molecular flexibility index (Phi) is 4.63. The lowest BCUT2D eigenvalue weighted by molar-refractivity contribution is 0.631. The fourth-order valence-electron chi connectivity index (χ4n) is 3.61. The number of hydrogen-bond donors (Lipinski definition) is 0. The van der Waals surface area contributed by atoms with E-state index in [9.17, 15) is 9.59 Å². The number of aryl methyl sites for hydroxylation is 3. The molecule has 0 saturated heterocycles. The van der Waals surface area contributed by atoms with Gasteiger partial charge >= 0.3 is 5.69 Å². The number of imidazole rings is 2. The SMILES string of the molecule is CCCCn1c(C)cn2c3c(=O)n(Cc4cccc(Cl)c4)c(=O)n(C)c3nc12. The van der Waals surface area contributed by atoms with Crippen molar-refractivity contribution in [2.24, 2.45) is 7.05 Å². The molecule has 0 bridgehead atoms. The van der Waals surface area contributed by atoms with Crippen molar-refractivity contribution in [2.75, 3.05) is 0 Å². The van der Waals surface area contributed by atoms with Crippen LogP contribution in [0.15, 0.2) is 40.1 Å². The monoisotopic (exact) mass is 399 g/mol. The van der Waals surface area contributed by atoms with Crippen LogP contribution in [-0.2, 0) is 20.1 Å². The molecule has 4 rings (SSSR count). The van der Waals surface area contributed by atoms with E-state index in [1.54, 1.807) is 29.6 Å². The molecule has 0 radical (unpaired) electrons. The third-order valence-electron chi connectivity index (χ3n) is 5.11. The van der Waals surface area contributed by atoms with E-state index < -0.39 is 5.69 Å². The van der Waals surface area contributed by atoms with E-state index in [1.165, 1.54) is 9.13 Å². The predicted molar refractivity (Wildman–Crippen MR) is 110 cm³/mol. The lowest BCUT2D eigenvalue weighted by atomic mass is 10.2. The van der Waals surface area contributed by atoms with E-state index in [4.69, 9.17) is 11.6 Å². The van der Waals surface area contributed by atoms with Gasteiger partial charge in [-0.15, -0.1) is 0 Å². The molecule has 0 atom stereocenters. The van der Waals surface area contributed by atoms with Crippen LogP contribution in [0.4, 0.5) is 0 Å². The Morgan fingerprint density at radius 2 is 1.96 bits per heavy atom. The van der Waals surface area contributed by atoms with Crippen LogP contribution >= 0.6 is 11.6 Å². The molecule has 0 spiro atoms. The first-order valence-corrected chi connectivity index (χ1v) is 9.72. The summed E-state index contributed by atoms with van der Waals surface area (Å²) in [5, 5.41) is 0.568. The summed E-state index contributed by atoms with van der Waals surface area (Å²) >= 11 is 6.05. The molecule has 0 aliphatic rings. The van der Waals surface area contributed by atoms with E-state index >= 15 is 0 Å². The van der Waals surface area contributed by atoms with Crippen LogP contribution in [0.25, 0.3) is 16.9 Å². The molecule has 1 aromatic carbocycles. The van der Waals surface area contributed by atoms with Gasteiger partial charge in [-0.1, -0.05) is 37.1 Å².